The number of ketones is 1. The van der Waals surface area contributed by atoms with E-state index < -0.39 is 36.2 Å². The average Bonchev–Trinajstić information content (AvgIpc) is 2.90. The molecule has 2 aromatic carbocycles. The molecule has 0 bridgehead atoms. The number of ether oxygens (including phenoxy) is 3. The van der Waals surface area contributed by atoms with E-state index >= 15 is 0 Å². The first kappa shape index (κ1) is 16.9. The maximum Gasteiger partial charge on any atom is 0.340 e. The third-order valence-corrected chi connectivity index (χ3v) is 3.74. The second kappa shape index (κ2) is 7.27. The molecule has 0 saturated carbocycles. The lowest BCUT2D eigenvalue weighted by Gasteiger charge is -2.13. The van der Waals surface area contributed by atoms with Gasteiger partial charge in [0.15, 0.2) is 6.10 Å². The smallest absolute Gasteiger partial charge is 0.340 e. The zero-order chi connectivity index (χ0) is 17.8. The first-order chi connectivity index (χ1) is 12.1. The monoisotopic (exact) mass is 340 g/mol. The lowest BCUT2D eigenvalue weighted by molar-refractivity contribution is -0.145. The molecule has 1 aliphatic rings. The molecule has 6 nitrogen and oxygen atoms in total. The summed E-state index contributed by atoms with van der Waals surface area (Å²) < 4.78 is 15.7. The normalized spacial score (nSPS) is 22.4. The van der Waals surface area contributed by atoms with Crippen molar-refractivity contribution in [1.29, 1.82) is 0 Å². The largest absolute Gasteiger partial charge is 0.448 e. The molecule has 25 heavy (non-hydrogen) atoms. The van der Waals surface area contributed by atoms with Gasteiger partial charge in [0.05, 0.1) is 11.1 Å². The van der Waals surface area contributed by atoms with Gasteiger partial charge in [-0.25, -0.2) is 9.59 Å². The van der Waals surface area contributed by atoms with Crippen LogP contribution >= 0.6 is 0 Å². The standard InChI is InChI=1S/C19H16O6/c1-12-16(24-17(21)13-8-4-2-5-9-13)15(20)19(23-12)25-18(22)14-10-6-3-7-11-14/h2-12,16,19H,1H3/t12?,16-,19+/m1/s1. The number of carbonyl (C=O) groups excluding carboxylic acids is 3. The van der Waals surface area contributed by atoms with E-state index in [1.165, 1.54) is 0 Å². The molecule has 0 radical (unpaired) electrons. The second-order valence-electron chi connectivity index (χ2n) is 5.54. The van der Waals surface area contributed by atoms with Gasteiger partial charge in [-0.05, 0) is 31.2 Å². The molecule has 0 aliphatic carbocycles. The molecule has 3 atom stereocenters. The van der Waals surface area contributed by atoms with Gasteiger partial charge in [-0.3, -0.25) is 4.79 Å². The third kappa shape index (κ3) is 3.75. The van der Waals surface area contributed by atoms with Crippen molar-refractivity contribution in [3.8, 4) is 0 Å². The van der Waals surface area contributed by atoms with Crippen molar-refractivity contribution in [1.82, 2.24) is 0 Å². The maximum atomic E-state index is 12.4. The maximum absolute atomic E-state index is 12.4. The van der Waals surface area contributed by atoms with Crippen LogP contribution < -0.4 is 0 Å². The number of hydrogen-bond donors (Lipinski definition) is 0. The minimum atomic E-state index is -1.39. The summed E-state index contributed by atoms with van der Waals surface area (Å²) in [7, 11) is 0. The molecular formula is C19H16O6. The summed E-state index contributed by atoms with van der Waals surface area (Å²) in [6.45, 7) is 1.58. The summed E-state index contributed by atoms with van der Waals surface area (Å²) in [6.07, 6.45) is -3.23. The van der Waals surface area contributed by atoms with Crippen molar-refractivity contribution in [3.63, 3.8) is 0 Å². The molecular weight excluding hydrogens is 324 g/mol. The molecule has 0 N–H and O–H groups in total. The van der Waals surface area contributed by atoms with Crippen molar-refractivity contribution in [2.24, 2.45) is 0 Å². The summed E-state index contributed by atoms with van der Waals surface area (Å²) >= 11 is 0. The van der Waals surface area contributed by atoms with Crippen LogP contribution in [0.2, 0.25) is 0 Å². The summed E-state index contributed by atoms with van der Waals surface area (Å²) in [5.41, 5.74) is 0.628. The minimum Gasteiger partial charge on any atom is -0.448 e. The minimum absolute atomic E-state index is 0.302. The fourth-order valence-electron chi connectivity index (χ4n) is 2.44. The van der Waals surface area contributed by atoms with E-state index in [1.807, 2.05) is 0 Å². The Balaban J connectivity index is 1.65. The van der Waals surface area contributed by atoms with Crippen LogP contribution in [0.15, 0.2) is 60.7 Å². The van der Waals surface area contributed by atoms with Crippen molar-refractivity contribution in [2.45, 2.75) is 25.4 Å². The Hall–Kier alpha value is -2.99. The lowest BCUT2D eigenvalue weighted by Crippen LogP contribution is -2.33. The van der Waals surface area contributed by atoms with E-state index in [4.69, 9.17) is 14.2 Å². The number of hydrogen-bond acceptors (Lipinski definition) is 6. The molecule has 0 amide bonds. The SMILES string of the molecule is CC1O[C@@H](OC(=O)c2ccccc2)C(=O)[C@@H]1OC(=O)c1ccccc1. The Kier molecular flexibility index (Phi) is 4.90. The molecule has 6 heteroatoms. The zero-order valence-electron chi connectivity index (χ0n) is 13.5. The van der Waals surface area contributed by atoms with Crippen LogP contribution in [0.25, 0.3) is 0 Å². The van der Waals surface area contributed by atoms with Gasteiger partial charge in [0.25, 0.3) is 6.29 Å². The Morgan fingerprint density at radius 1 is 0.840 bits per heavy atom. The van der Waals surface area contributed by atoms with Gasteiger partial charge in [-0.15, -0.1) is 0 Å². The Bertz CT molecular complexity index is 771. The number of Topliss-reactive ketones (excluding diaryl/α,β-unsaturated/α-hetero) is 1. The number of benzene rings is 2. The lowest BCUT2D eigenvalue weighted by atomic mass is 10.1. The van der Waals surface area contributed by atoms with Crippen LogP contribution in [-0.4, -0.2) is 36.2 Å². The van der Waals surface area contributed by atoms with Gasteiger partial charge in [0.2, 0.25) is 5.78 Å². The molecule has 3 rings (SSSR count). The highest BCUT2D eigenvalue weighted by molar-refractivity contribution is 5.97. The van der Waals surface area contributed by atoms with Crippen LogP contribution in [0, 0.1) is 0 Å². The number of carbonyl (C=O) groups is 3. The highest BCUT2D eigenvalue weighted by Crippen LogP contribution is 2.23. The van der Waals surface area contributed by atoms with E-state index in [0.29, 0.717) is 11.1 Å². The number of esters is 2. The van der Waals surface area contributed by atoms with Gasteiger partial charge >= 0.3 is 11.9 Å². The van der Waals surface area contributed by atoms with E-state index in [0.717, 1.165) is 0 Å². The van der Waals surface area contributed by atoms with Crippen LogP contribution in [-0.2, 0) is 19.0 Å². The van der Waals surface area contributed by atoms with Crippen molar-refractivity contribution in [3.05, 3.63) is 71.8 Å². The van der Waals surface area contributed by atoms with Gasteiger partial charge < -0.3 is 14.2 Å². The Morgan fingerprint density at radius 3 is 1.84 bits per heavy atom. The summed E-state index contributed by atoms with van der Waals surface area (Å²) in [6, 6.07) is 16.6. The van der Waals surface area contributed by atoms with E-state index in [1.54, 1.807) is 67.6 Å². The predicted molar refractivity (Wildman–Crippen MR) is 86.8 cm³/mol. The summed E-state index contributed by atoms with van der Waals surface area (Å²) in [5.74, 6) is -1.91. The van der Waals surface area contributed by atoms with Crippen molar-refractivity contribution in [2.75, 3.05) is 0 Å². The topological polar surface area (TPSA) is 78.9 Å². The van der Waals surface area contributed by atoms with Gasteiger partial charge in [0.1, 0.15) is 6.10 Å². The zero-order valence-corrected chi connectivity index (χ0v) is 13.5. The van der Waals surface area contributed by atoms with Crippen LogP contribution in [0.1, 0.15) is 27.6 Å². The molecule has 128 valence electrons. The van der Waals surface area contributed by atoms with Crippen LogP contribution in [0.5, 0.6) is 0 Å². The van der Waals surface area contributed by atoms with Gasteiger partial charge in [-0.2, -0.15) is 0 Å². The molecule has 0 aromatic heterocycles. The Morgan fingerprint density at radius 2 is 1.32 bits per heavy atom. The summed E-state index contributed by atoms with van der Waals surface area (Å²) in [4.78, 5) is 36.5. The quantitative estimate of drug-likeness (QED) is 0.795. The molecule has 1 saturated heterocycles. The second-order valence-corrected chi connectivity index (χ2v) is 5.54. The fourth-order valence-corrected chi connectivity index (χ4v) is 2.44. The van der Waals surface area contributed by atoms with Crippen LogP contribution in [0.4, 0.5) is 0 Å². The first-order valence-corrected chi connectivity index (χ1v) is 7.77. The van der Waals surface area contributed by atoms with Gasteiger partial charge in [0, 0.05) is 0 Å². The molecule has 1 aliphatic heterocycles. The highest BCUT2D eigenvalue weighted by atomic mass is 16.7. The first-order valence-electron chi connectivity index (χ1n) is 7.77. The van der Waals surface area contributed by atoms with Crippen molar-refractivity contribution < 1.29 is 28.6 Å². The van der Waals surface area contributed by atoms with Crippen molar-refractivity contribution >= 4 is 17.7 Å². The molecule has 1 heterocycles. The highest BCUT2D eigenvalue weighted by Gasteiger charge is 2.46. The van der Waals surface area contributed by atoms with E-state index in [9.17, 15) is 14.4 Å². The molecule has 2 aromatic rings. The van der Waals surface area contributed by atoms with E-state index in [2.05, 4.69) is 0 Å². The van der Waals surface area contributed by atoms with Crippen LogP contribution in [0.3, 0.4) is 0 Å². The average molecular weight is 340 g/mol. The van der Waals surface area contributed by atoms with Gasteiger partial charge in [-0.1, -0.05) is 36.4 Å². The molecule has 1 unspecified atom stereocenters. The summed E-state index contributed by atoms with van der Waals surface area (Å²) in [5, 5.41) is 0. The number of rotatable bonds is 4. The Labute approximate surface area is 144 Å². The third-order valence-electron chi connectivity index (χ3n) is 3.74. The fraction of sp³-hybridized carbons (Fsp3) is 0.211. The predicted octanol–water partition coefficient (Wildman–Crippen LogP) is 2.38. The molecule has 1 fully saturated rings. The van der Waals surface area contributed by atoms with E-state index in [-0.39, 0.29) is 0 Å². The molecule has 0 spiro atoms.